The third-order valence-electron chi connectivity index (χ3n) is 4.75. The molecule has 1 aromatic heterocycles. The molecule has 0 spiro atoms. The molecule has 1 amide bonds. The summed E-state index contributed by atoms with van der Waals surface area (Å²) < 4.78 is 5.86. The van der Waals surface area contributed by atoms with Crippen LogP contribution in [0.15, 0.2) is 60.7 Å². The Morgan fingerprint density at radius 2 is 1.66 bits per heavy atom. The predicted octanol–water partition coefficient (Wildman–Crippen LogP) is 4.19. The van der Waals surface area contributed by atoms with Crippen molar-refractivity contribution in [3.05, 3.63) is 77.1 Å². The van der Waals surface area contributed by atoms with E-state index in [1.807, 2.05) is 48.2 Å². The minimum Gasteiger partial charge on any atom is -0.439 e. The Morgan fingerprint density at radius 3 is 2.34 bits per heavy atom. The number of aryl methyl sites for hydroxylation is 1. The number of nitrogens with zero attached hydrogens (tertiary/aromatic N) is 4. The van der Waals surface area contributed by atoms with Crippen LogP contribution in [-0.4, -0.2) is 47.0 Å². The van der Waals surface area contributed by atoms with Crippen LogP contribution in [-0.2, 0) is 0 Å². The highest BCUT2D eigenvalue weighted by Crippen LogP contribution is 2.24. The first-order valence-corrected chi connectivity index (χ1v) is 9.85. The lowest BCUT2D eigenvalue weighted by atomic mass is 10.2. The summed E-state index contributed by atoms with van der Waals surface area (Å²) in [6, 6.07) is 18.4. The Morgan fingerprint density at radius 1 is 0.966 bits per heavy atom. The van der Waals surface area contributed by atoms with Gasteiger partial charge in [-0.05, 0) is 43.3 Å². The SMILES string of the molecule is Cc1nc(Oc2ccccc2)cc(N2CCN(C(=O)c3ccc(Cl)cc3)CC2)n1. The molecule has 7 heteroatoms. The molecule has 0 saturated carbocycles. The van der Waals surface area contributed by atoms with Gasteiger partial charge in [-0.25, -0.2) is 4.98 Å². The first kappa shape index (κ1) is 19.2. The van der Waals surface area contributed by atoms with E-state index in [1.165, 1.54) is 0 Å². The molecule has 4 rings (SSSR count). The third-order valence-corrected chi connectivity index (χ3v) is 5.00. The zero-order valence-electron chi connectivity index (χ0n) is 16.1. The molecule has 3 aromatic rings. The maximum absolute atomic E-state index is 12.7. The van der Waals surface area contributed by atoms with Crippen LogP contribution in [0.4, 0.5) is 5.82 Å². The highest BCUT2D eigenvalue weighted by atomic mass is 35.5. The number of anilines is 1. The van der Waals surface area contributed by atoms with E-state index in [2.05, 4.69) is 14.9 Å². The third kappa shape index (κ3) is 4.66. The van der Waals surface area contributed by atoms with E-state index >= 15 is 0 Å². The molecule has 0 radical (unpaired) electrons. The van der Waals surface area contributed by atoms with Crippen LogP contribution in [0.3, 0.4) is 0 Å². The number of aromatic nitrogens is 2. The van der Waals surface area contributed by atoms with E-state index in [4.69, 9.17) is 16.3 Å². The number of carbonyl (C=O) groups excluding carboxylic acids is 1. The largest absolute Gasteiger partial charge is 0.439 e. The first-order valence-electron chi connectivity index (χ1n) is 9.47. The van der Waals surface area contributed by atoms with Crippen molar-refractivity contribution in [1.82, 2.24) is 14.9 Å². The smallest absolute Gasteiger partial charge is 0.253 e. The minimum atomic E-state index is 0.0216. The fourth-order valence-corrected chi connectivity index (χ4v) is 3.39. The van der Waals surface area contributed by atoms with Gasteiger partial charge in [0.1, 0.15) is 17.4 Å². The van der Waals surface area contributed by atoms with Crippen LogP contribution in [0.2, 0.25) is 5.02 Å². The Labute approximate surface area is 174 Å². The van der Waals surface area contributed by atoms with E-state index in [9.17, 15) is 4.79 Å². The molecule has 1 fully saturated rings. The second-order valence-electron chi connectivity index (χ2n) is 6.81. The van der Waals surface area contributed by atoms with Gasteiger partial charge >= 0.3 is 0 Å². The molecule has 1 aliphatic heterocycles. The lowest BCUT2D eigenvalue weighted by Gasteiger charge is -2.35. The van der Waals surface area contributed by atoms with Crippen molar-refractivity contribution in [2.24, 2.45) is 0 Å². The minimum absolute atomic E-state index is 0.0216. The molecule has 6 nitrogen and oxygen atoms in total. The normalized spacial score (nSPS) is 14.0. The van der Waals surface area contributed by atoms with Crippen molar-refractivity contribution in [3.63, 3.8) is 0 Å². The summed E-state index contributed by atoms with van der Waals surface area (Å²) in [4.78, 5) is 25.6. The predicted molar refractivity (Wildman–Crippen MR) is 113 cm³/mol. The number of para-hydroxylation sites is 1. The van der Waals surface area contributed by atoms with Crippen molar-refractivity contribution < 1.29 is 9.53 Å². The summed E-state index contributed by atoms with van der Waals surface area (Å²) >= 11 is 5.91. The summed E-state index contributed by atoms with van der Waals surface area (Å²) in [6.45, 7) is 4.49. The molecule has 0 bridgehead atoms. The summed E-state index contributed by atoms with van der Waals surface area (Å²) in [6.07, 6.45) is 0. The van der Waals surface area contributed by atoms with E-state index in [-0.39, 0.29) is 5.91 Å². The molecule has 2 heterocycles. The van der Waals surface area contributed by atoms with Crippen LogP contribution in [0, 0.1) is 6.92 Å². The molecule has 2 aromatic carbocycles. The number of carbonyl (C=O) groups is 1. The van der Waals surface area contributed by atoms with E-state index in [1.54, 1.807) is 24.3 Å². The van der Waals surface area contributed by atoms with Gasteiger partial charge in [0.25, 0.3) is 5.91 Å². The summed E-state index contributed by atoms with van der Waals surface area (Å²) in [7, 11) is 0. The molecule has 1 aliphatic rings. The number of halogens is 1. The Hall–Kier alpha value is -3.12. The van der Waals surface area contributed by atoms with E-state index in [0.717, 1.165) is 11.6 Å². The number of hydrogen-bond acceptors (Lipinski definition) is 5. The summed E-state index contributed by atoms with van der Waals surface area (Å²) in [5.74, 6) is 2.72. The second-order valence-corrected chi connectivity index (χ2v) is 7.25. The van der Waals surface area contributed by atoms with Crippen molar-refractivity contribution in [2.75, 3.05) is 31.1 Å². The van der Waals surface area contributed by atoms with Gasteiger partial charge in [0.15, 0.2) is 0 Å². The highest BCUT2D eigenvalue weighted by Gasteiger charge is 2.23. The van der Waals surface area contributed by atoms with E-state index < -0.39 is 0 Å². The summed E-state index contributed by atoms with van der Waals surface area (Å²) in [5.41, 5.74) is 0.652. The Kier molecular flexibility index (Phi) is 5.62. The van der Waals surface area contributed by atoms with Gasteiger partial charge in [-0.1, -0.05) is 29.8 Å². The molecule has 0 N–H and O–H groups in total. The first-order chi connectivity index (χ1) is 14.1. The number of hydrogen-bond donors (Lipinski definition) is 0. The average molecular weight is 409 g/mol. The number of ether oxygens (including phenoxy) is 1. The molecule has 0 atom stereocenters. The Balaban J connectivity index is 1.43. The zero-order valence-corrected chi connectivity index (χ0v) is 16.8. The van der Waals surface area contributed by atoms with Crippen molar-refractivity contribution >= 4 is 23.3 Å². The van der Waals surface area contributed by atoms with Crippen LogP contribution in [0.25, 0.3) is 0 Å². The molecule has 148 valence electrons. The van der Waals surface area contributed by atoms with Crippen LogP contribution < -0.4 is 9.64 Å². The maximum atomic E-state index is 12.7. The van der Waals surface area contributed by atoms with Gasteiger partial charge in [0.2, 0.25) is 5.88 Å². The quantitative estimate of drug-likeness (QED) is 0.647. The van der Waals surface area contributed by atoms with Gasteiger partial charge in [-0.2, -0.15) is 4.98 Å². The molecule has 1 saturated heterocycles. The number of amides is 1. The second kappa shape index (κ2) is 8.49. The molecular weight excluding hydrogens is 388 g/mol. The Bertz CT molecular complexity index is 987. The zero-order chi connectivity index (χ0) is 20.2. The van der Waals surface area contributed by atoms with Gasteiger partial charge in [-0.15, -0.1) is 0 Å². The van der Waals surface area contributed by atoms with Crippen molar-refractivity contribution in [1.29, 1.82) is 0 Å². The van der Waals surface area contributed by atoms with Gasteiger partial charge in [-0.3, -0.25) is 4.79 Å². The maximum Gasteiger partial charge on any atom is 0.253 e. The highest BCUT2D eigenvalue weighted by molar-refractivity contribution is 6.30. The summed E-state index contributed by atoms with van der Waals surface area (Å²) in [5, 5.41) is 0.624. The lowest BCUT2D eigenvalue weighted by Crippen LogP contribution is -2.49. The van der Waals surface area contributed by atoms with Crippen molar-refractivity contribution in [3.8, 4) is 11.6 Å². The van der Waals surface area contributed by atoms with Crippen molar-refractivity contribution in [2.45, 2.75) is 6.92 Å². The van der Waals surface area contributed by atoms with Gasteiger partial charge in [0, 0.05) is 42.8 Å². The molecule has 29 heavy (non-hydrogen) atoms. The lowest BCUT2D eigenvalue weighted by molar-refractivity contribution is 0.0746. The number of benzene rings is 2. The molecule has 0 unspecified atom stereocenters. The monoisotopic (exact) mass is 408 g/mol. The van der Waals surface area contributed by atoms with Gasteiger partial charge < -0.3 is 14.5 Å². The van der Waals surface area contributed by atoms with Crippen LogP contribution in [0.1, 0.15) is 16.2 Å². The van der Waals surface area contributed by atoms with Crippen LogP contribution in [0.5, 0.6) is 11.6 Å². The molecular formula is C22H21ClN4O2. The number of rotatable bonds is 4. The number of piperazine rings is 1. The average Bonchev–Trinajstić information content (AvgIpc) is 2.74. The van der Waals surface area contributed by atoms with Gasteiger partial charge in [0.05, 0.1) is 0 Å². The standard InChI is InChI=1S/C22H21ClN4O2/c1-16-24-20(15-21(25-16)29-19-5-3-2-4-6-19)26-11-13-27(14-12-26)22(28)17-7-9-18(23)10-8-17/h2-10,15H,11-14H2,1H3. The fourth-order valence-electron chi connectivity index (χ4n) is 3.26. The molecule has 0 aliphatic carbocycles. The van der Waals surface area contributed by atoms with E-state index in [0.29, 0.717) is 48.5 Å². The topological polar surface area (TPSA) is 58.6 Å². The fraction of sp³-hybridized carbons (Fsp3) is 0.227. The van der Waals surface area contributed by atoms with Crippen LogP contribution >= 0.6 is 11.6 Å².